The van der Waals surface area contributed by atoms with Crippen molar-refractivity contribution in [1.29, 1.82) is 0 Å². The number of rotatable bonds is 5. The molecule has 0 saturated carbocycles. The van der Waals surface area contributed by atoms with Gasteiger partial charge in [0, 0.05) is 6.42 Å². The van der Waals surface area contributed by atoms with E-state index in [1.165, 1.54) is 6.92 Å². The molecular formula is C6H12O5S. The lowest BCUT2D eigenvalue weighted by atomic mass is 10.5. The average Bonchev–Trinajstić information content (AvgIpc) is 2.00. The molecule has 0 radical (unpaired) electrons. The highest BCUT2D eigenvalue weighted by molar-refractivity contribution is 7.82. The van der Waals surface area contributed by atoms with E-state index in [-0.39, 0.29) is 13.0 Å². The first-order chi connectivity index (χ1) is 5.52. The molecule has 5 nitrogen and oxygen atoms in total. The van der Waals surface area contributed by atoms with Crippen LogP contribution >= 0.6 is 0 Å². The first-order valence-corrected chi connectivity index (χ1v) is 4.96. The maximum absolute atomic E-state index is 10.7. The third-order valence-corrected chi connectivity index (χ3v) is 1.76. The second kappa shape index (κ2) is 5.10. The summed E-state index contributed by atoms with van der Waals surface area (Å²) >= 11 is 0. The molecule has 0 N–H and O–H groups in total. The van der Waals surface area contributed by atoms with E-state index in [0.29, 0.717) is 6.42 Å². The van der Waals surface area contributed by atoms with Crippen LogP contribution in [0.4, 0.5) is 0 Å². The molecule has 0 spiro atoms. The van der Waals surface area contributed by atoms with E-state index in [2.05, 4.69) is 8.37 Å². The highest BCUT2D eigenvalue weighted by Crippen LogP contribution is 1.99. The summed E-state index contributed by atoms with van der Waals surface area (Å²) in [7, 11) is -4.10. The average molecular weight is 196 g/mol. The minimum absolute atomic E-state index is 0.00865. The lowest BCUT2D eigenvalue weighted by molar-refractivity contribution is -0.134. The van der Waals surface area contributed by atoms with Gasteiger partial charge in [0.25, 0.3) is 0 Å². The smallest absolute Gasteiger partial charge is 0.325 e. The Labute approximate surface area is 72.0 Å². The van der Waals surface area contributed by atoms with Gasteiger partial charge >= 0.3 is 16.4 Å². The molecule has 0 heterocycles. The summed E-state index contributed by atoms with van der Waals surface area (Å²) in [5.74, 6) is -0.814. The summed E-state index contributed by atoms with van der Waals surface area (Å²) in [6.07, 6.45) is 0.553. The van der Waals surface area contributed by atoms with E-state index in [1.54, 1.807) is 6.92 Å². The van der Waals surface area contributed by atoms with Gasteiger partial charge in [-0.1, -0.05) is 13.8 Å². The van der Waals surface area contributed by atoms with E-state index in [1.807, 2.05) is 0 Å². The van der Waals surface area contributed by atoms with Gasteiger partial charge in [0.2, 0.25) is 0 Å². The van der Waals surface area contributed by atoms with Crippen molar-refractivity contribution in [1.82, 2.24) is 0 Å². The Morgan fingerprint density at radius 3 is 2.33 bits per heavy atom. The minimum atomic E-state index is -4.10. The standard InChI is InChI=1S/C6H12O5S/c1-3-5-10-12(8,9)11-6(7)4-2/h3-5H2,1-2H3. The van der Waals surface area contributed by atoms with Crippen LogP contribution in [0.25, 0.3) is 0 Å². The number of carbonyl (C=O) groups excluding carboxylic acids is 1. The maximum Gasteiger partial charge on any atom is 0.451 e. The molecule has 0 atom stereocenters. The molecule has 0 aromatic rings. The molecule has 12 heavy (non-hydrogen) atoms. The zero-order valence-electron chi connectivity index (χ0n) is 7.07. The molecule has 0 aliphatic rings. The Morgan fingerprint density at radius 2 is 1.92 bits per heavy atom. The van der Waals surface area contributed by atoms with Gasteiger partial charge in [0.15, 0.2) is 0 Å². The number of hydrogen-bond donors (Lipinski definition) is 0. The molecule has 0 aliphatic heterocycles. The van der Waals surface area contributed by atoms with Crippen LogP contribution in [0.2, 0.25) is 0 Å². The van der Waals surface area contributed by atoms with E-state index in [0.717, 1.165) is 0 Å². The molecular weight excluding hydrogens is 184 g/mol. The van der Waals surface area contributed by atoms with Crippen LogP contribution in [0.3, 0.4) is 0 Å². The SMILES string of the molecule is CCCOS(=O)(=O)OC(=O)CC. The molecule has 72 valence electrons. The van der Waals surface area contributed by atoms with Crippen LogP contribution in [0, 0.1) is 0 Å². The Balaban J connectivity index is 3.96. The van der Waals surface area contributed by atoms with Gasteiger partial charge in [0.1, 0.15) is 0 Å². The van der Waals surface area contributed by atoms with Crippen LogP contribution in [-0.2, 0) is 23.6 Å². The normalized spacial score (nSPS) is 11.2. The highest BCUT2D eigenvalue weighted by atomic mass is 32.3. The van der Waals surface area contributed by atoms with Crippen LogP contribution in [-0.4, -0.2) is 21.0 Å². The monoisotopic (exact) mass is 196 g/mol. The van der Waals surface area contributed by atoms with Gasteiger partial charge in [-0.25, -0.2) is 4.18 Å². The summed E-state index contributed by atoms with van der Waals surface area (Å²) in [5.41, 5.74) is 0. The predicted molar refractivity (Wildman–Crippen MR) is 41.5 cm³/mol. The first-order valence-electron chi connectivity index (χ1n) is 3.63. The molecule has 0 fully saturated rings. The van der Waals surface area contributed by atoms with Crippen LogP contribution < -0.4 is 0 Å². The summed E-state index contributed by atoms with van der Waals surface area (Å²) in [6, 6.07) is 0. The zero-order chi connectivity index (χ0) is 9.61. The van der Waals surface area contributed by atoms with Gasteiger partial charge in [-0.3, -0.25) is 4.79 Å². The lowest BCUT2D eigenvalue weighted by Gasteiger charge is -2.02. The molecule has 0 aromatic carbocycles. The predicted octanol–water partition coefficient (Wildman–Crippen LogP) is 0.611. The topological polar surface area (TPSA) is 69.7 Å². The number of hydrogen-bond acceptors (Lipinski definition) is 5. The summed E-state index contributed by atoms with van der Waals surface area (Å²) in [6.45, 7) is 3.27. The van der Waals surface area contributed by atoms with Gasteiger partial charge in [0.05, 0.1) is 6.61 Å². The first kappa shape index (κ1) is 11.4. The maximum atomic E-state index is 10.7. The molecule has 0 amide bonds. The van der Waals surface area contributed by atoms with Gasteiger partial charge in [-0.05, 0) is 6.42 Å². The van der Waals surface area contributed by atoms with Crippen LogP contribution in [0.5, 0.6) is 0 Å². The number of carbonyl (C=O) groups is 1. The van der Waals surface area contributed by atoms with Gasteiger partial charge < -0.3 is 4.18 Å². The third kappa shape index (κ3) is 5.09. The molecule has 6 heteroatoms. The molecule has 0 bridgehead atoms. The van der Waals surface area contributed by atoms with Gasteiger partial charge in [-0.15, -0.1) is 0 Å². The Bertz CT molecular complexity index is 230. The molecule has 0 saturated heterocycles. The summed E-state index contributed by atoms with van der Waals surface area (Å²) in [4.78, 5) is 10.5. The Kier molecular flexibility index (Phi) is 4.84. The van der Waals surface area contributed by atoms with Crippen molar-refractivity contribution >= 4 is 16.4 Å². The third-order valence-electron chi connectivity index (χ3n) is 0.915. The summed E-state index contributed by atoms with van der Waals surface area (Å²) < 4.78 is 29.7. The molecule has 0 aromatic heterocycles. The van der Waals surface area contributed by atoms with Gasteiger partial charge in [-0.2, -0.15) is 8.42 Å². The quantitative estimate of drug-likeness (QED) is 0.644. The molecule has 0 unspecified atom stereocenters. The van der Waals surface area contributed by atoms with Crippen LogP contribution in [0.1, 0.15) is 26.7 Å². The highest BCUT2D eigenvalue weighted by Gasteiger charge is 2.15. The van der Waals surface area contributed by atoms with Crippen molar-refractivity contribution in [3.05, 3.63) is 0 Å². The van der Waals surface area contributed by atoms with E-state index in [4.69, 9.17) is 0 Å². The molecule has 0 rings (SSSR count). The summed E-state index contributed by atoms with van der Waals surface area (Å²) in [5, 5.41) is 0. The fraction of sp³-hybridized carbons (Fsp3) is 0.833. The lowest BCUT2D eigenvalue weighted by Crippen LogP contribution is -2.15. The van der Waals surface area contributed by atoms with Crippen molar-refractivity contribution in [2.75, 3.05) is 6.61 Å². The van der Waals surface area contributed by atoms with E-state index < -0.39 is 16.4 Å². The van der Waals surface area contributed by atoms with E-state index in [9.17, 15) is 13.2 Å². The van der Waals surface area contributed by atoms with Crippen molar-refractivity contribution in [3.63, 3.8) is 0 Å². The Morgan fingerprint density at radius 1 is 1.33 bits per heavy atom. The van der Waals surface area contributed by atoms with Crippen molar-refractivity contribution in [3.8, 4) is 0 Å². The zero-order valence-corrected chi connectivity index (χ0v) is 7.89. The largest absolute Gasteiger partial charge is 0.451 e. The van der Waals surface area contributed by atoms with Crippen molar-refractivity contribution in [2.45, 2.75) is 26.7 Å². The fourth-order valence-electron chi connectivity index (χ4n) is 0.382. The second-order valence-electron chi connectivity index (χ2n) is 2.04. The minimum Gasteiger partial charge on any atom is -0.325 e. The van der Waals surface area contributed by atoms with Crippen molar-refractivity contribution < 1.29 is 21.6 Å². The fourth-order valence-corrected chi connectivity index (χ4v) is 1.15. The Hall–Kier alpha value is -0.620. The van der Waals surface area contributed by atoms with Crippen molar-refractivity contribution in [2.24, 2.45) is 0 Å². The molecule has 0 aliphatic carbocycles. The second-order valence-corrected chi connectivity index (χ2v) is 3.26. The van der Waals surface area contributed by atoms with E-state index >= 15 is 0 Å². The van der Waals surface area contributed by atoms with Crippen LogP contribution in [0.15, 0.2) is 0 Å².